The van der Waals surface area contributed by atoms with Gasteiger partial charge in [-0.25, -0.2) is 4.98 Å². The molecule has 2 amide bonds. The maximum atomic E-state index is 12.6. The zero-order valence-electron chi connectivity index (χ0n) is 16.0. The summed E-state index contributed by atoms with van der Waals surface area (Å²) in [4.78, 5) is 44.2. The molecule has 0 saturated heterocycles. The van der Waals surface area contributed by atoms with Gasteiger partial charge in [-0.3, -0.25) is 14.4 Å². The van der Waals surface area contributed by atoms with Crippen molar-refractivity contribution < 1.29 is 9.59 Å². The Morgan fingerprint density at radius 1 is 1.14 bits per heavy atom. The Kier molecular flexibility index (Phi) is 5.41. The maximum absolute atomic E-state index is 12.6. The molecule has 4 rings (SSSR count). The molecule has 2 heterocycles. The van der Waals surface area contributed by atoms with Crippen LogP contribution in [0.4, 0.5) is 5.69 Å². The lowest BCUT2D eigenvalue weighted by atomic mass is 9.95. The molecule has 0 unspecified atom stereocenters. The van der Waals surface area contributed by atoms with E-state index in [9.17, 15) is 14.4 Å². The summed E-state index contributed by atoms with van der Waals surface area (Å²) >= 11 is 0. The molecule has 1 aliphatic rings. The number of aromatic amines is 1. The van der Waals surface area contributed by atoms with E-state index in [0.29, 0.717) is 11.3 Å². The Morgan fingerprint density at radius 3 is 2.79 bits per heavy atom. The molecular weight excluding hydrogens is 370 g/mol. The number of carbonyl (C=O) groups excluding carboxylic acids is 2. The maximum Gasteiger partial charge on any atom is 0.257 e. The van der Waals surface area contributed by atoms with Crippen molar-refractivity contribution in [2.45, 2.75) is 44.7 Å². The van der Waals surface area contributed by atoms with E-state index in [1.165, 1.54) is 29.3 Å². The topological polar surface area (TPSA) is 109 Å². The van der Waals surface area contributed by atoms with Crippen LogP contribution in [0.15, 0.2) is 47.7 Å². The van der Waals surface area contributed by atoms with Gasteiger partial charge >= 0.3 is 0 Å². The molecule has 8 nitrogen and oxygen atoms in total. The van der Waals surface area contributed by atoms with Crippen LogP contribution in [-0.4, -0.2) is 32.4 Å². The number of hydrogen-bond donors (Lipinski definition) is 3. The van der Waals surface area contributed by atoms with Crippen LogP contribution < -0.4 is 16.2 Å². The van der Waals surface area contributed by atoms with Crippen LogP contribution in [0.5, 0.6) is 0 Å². The fraction of sp³-hybridized carbons (Fsp3) is 0.333. The molecule has 150 valence electrons. The third-order valence-corrected chi connectivity index (χ3v) is 5.21. The van der Waals surface area contributed by atoms with Crippen LogP contribution in [0.1, 0.15) is 42.5 Å². The standard InChI is InChI=1S/C21H23N5O3/c27-19(24-15-4-2-1-3-5-15)12-26-11-14(6-9-20(26)28)21(29)25-16-7-8-17-18(10-16)23-13-22-17/h6-11,13,15H,1-5,12H2,(H,22,23)(H,24,27)(H,25,29). The van der Waals surface area contributed by atoms with Crippen molar-refractivity contribution in [3.63, 3.8) is 0 Å². The first-order valence-corrected chi connectivity index (χ1v) is 9.83. The SMILES string of the molecule is O=C(Cn1cc(C(=O)Nc2ccc3nc[nH]c3c2)ccc1=O)NC1CCCCC1. The van der Waals surface area contributed by atoms with Crippen LogP contribution in [0.3, 0.4) is 0 Å². The van der Waals surface area contributed by atoms with Crippen LogP contribution >= 0.6 is 0 Å². The number of aromatic nitrogens is 3. The molecule has 0 aliphatic heterocycles. The number of nitrogens with one attached hydrogen (secondary N) is 3. The molecule has 3 N–H and O–H groups in total. The molecule has 1 fully saturated rings. The Hall–Kier alpha value is -3.42. The minimum Gasteiger partial charge on any atom is -0.352 e. The molecule has 0 spiro atoms. The second-order valence-electron chi connectivity index (χ2n) is 7.37. The zero-order valence-corrected chi connectivity index (χ0v) is 16.0. The van der Waals surface area contributed by atoms with E-state index < -0.39 is 0 Å². The summed E-state index contributed by atoms with van der Waals surface area (Å²) in [5.41, 5.74) is 2.21. The number of fused-ring (bicyclic) bond motifs is 1. The van der Waals surface area contributed by atoms with Crippen molar-refractivity contribution >= 4 is 28.5 Å². The van der Waals surface area contributed by atoms with Gasteiger partial charge in [0.25, 0.3) is 11.5 Å². The highest BCUT2D eigenvalue weighted by molar-refractivity contribution is 6.04. The van der Waals surface area contributed by atoms with E-state index in [4.69, 9.17) is 0 Å². The Balaban J connectivity index is 1.44. The van der Waals surface area contributed by atoms with E-state index in [-0.39, 0.29) is 30.0 Å². The molecule has 29 heavy (non-hydrogen) atoms. The quantitative estimate of drug-likeness (QED) is 0.618. The first-order valence-electron chi connectivity index (χ1n) is 9.83. The lowest BCUT2D eigenvalue weighted by molar-refractivity contribution is -0.122. The second kappa shape index (κ2) is 8.30. The summed E-state index contributed by atoms with van der Waals surface area (Å²) in [7, 11) is 0. The van der Waals surface area contributed by atoms with Gasteiger partial charge in [0.1, 0.15) is 6.54 Å². The van der Waals surface area contributed by atoms with Crippen molar-refractivity contribution in [2.75, 3.05) is 5.32 Å². The Bertz CT molecular complexity index is 1090. The van der Waals surface area contributed by atoms with Gasteiger partial charge in [0, 0.05) is 24.0 Å². The van der Waals surface area contributed by atoms with Gasteiger partial charge in [0.15, 0.2) is 0 Å². The van der Waals surface area contributed by atoms with Crippen LogP contribution in [0.25, 0.3) is 11.0 Å². The lowest BCUT2D eigenvalue weighted by Gasteiger charge is -2.22. The van der Waals surface area contributed by atoms with Gasteiger partial charge in [-0.2, -0.15) is 0 Å². The third-order valence-electron chi connectivity index (χ3n) is 5.21. The first-order chi connectivity index (χ1) is 14.1. The molecule has 2 aromatic heterocycles. The van der Waals surface area contributed by atoms with E-state index in [1.807, 2.05) is 0 Å². The average molecular weight is 393 g/mol. The van der Waals surface area contributed by atoms with E-state index in [0.717, 1.165) is 36.7 Å². The Morgan fingerprint density at radius 2 is 1.97 bits per heavy atom. The van der Waals surface area contributed by atoms with Crippen molar-refractivity contribution in [1.29, 1.82) is 0 Å². The molecule has 0 bridgehead atoms. The minimum atomic E-state index is -0.356. The number of carbonyl (C=O) groups is 2. The number of hydrogen-bond acceptors (Lipinski definition) is 4. The predicted octanol–water partition coefficient (Wildman–Crippen LogP) is 2.43. The number of rotatable bonds is 5. The van der Waals surface area contributed by atoms with Crippen LogP contribution in [-0.2, 0) is 11.3 Å². The van der Waals surface area contributed by atoms with Gasteiger partial charge in [-0.15, -0.1) is 0 Å². The minimum absolute atomic E-state index is 0.101. The van der Waals surface area contributed by atoms with Crippen molar-refractivity contribution in [3.05, 3.63) is 58.8 Å². The van der Waals surface area contributed by atoms with E-state index >= 15 is 0 Å². The van der Waals surface area contributed by atoms with Crippen molar-refractivity contribution in [3.8, 4) is 0 Å². The molecular formula is C21H23N5O3. The van der Waals surface area contributed by atoms with Gasteiger partial charge in [-0.05, 0) is 37.1 Å². The zero-order chi connectivity index (χ0) is 20.2. The number of H-pyrrole nitrogens is 1. The Labute approximate surface area is 167 Å². The molecule has 8 heteroatoms. The van der Waals surface area contributed by atoms with Crippen LogP contribution in [0.2, 0.25) is 0 Å². The van der Waals surface area contributed by atoms with Crippen LogP contribution in [0, 0.1) is 0 Å². The summed E-state index contributed by atoms with van der Waals surface area (Å²) in [5, 5.41) is 5.79. The summed E-state index contributed by atoms with van der Waals surface area (Å²) in [6, 6.07) is 8.29. The summed E-state index contributed by atoms with van der Waals surface area (Å²) < 4.78 is 1.27. The van der Waals surface area contributed by atoms with Gasteiger partial charge in [0.2, 0.25) is 5.91 Å². The fourth-order valence-electron chi connectivity index (χ4n) is 3.68. The number of amides is 2. The number of imidazole rings is 1. The molecule has 1 saturated carbocycles. The van der Waals surface area contributed by atoms with Crippen molar-refractivity contribution in [2.24, 2.45) is 0 Å². The first kappa shape index (κ1) is 18.9. The summed E-state index contributed by atoms with van der Waals surface area (Å²) in [5.74, 6) is -0.563. The smallest absolute Gasteiger partial charge is 0.257 e. The largest absolute Gasteiger partial charge is 0.352 e. The molecule has 1 aliphatic carbocycles. The number of benzene rings is 1. The fourth-order valence-corrected chi connectivity index (χ4v) is 3.68. The molecule has 0 atom stereocenters. The highest BCUT2D eigenvalue weighted by Gasteiger charge is 2.16. The highest BCUT2D eigenvalue weighted by atomic mass is 16.2. The number of pyridine rings is 1. The normalized spacial score (nSPS) is 14.6. The summed E-state index contributed by atoms with van der Waals surface area (Å²) in [6.45, 7) is -0.101. The molecule has 3 aromatic rings. The van der Waals surface area contributed by atoms with E-state index in [2.05, 4.69) is 20.6 Å². The average Bonchev–Trinajstić information content (AvgIpc) is 3.18. The van der Waals surface area contributed by atoms with Crippen molar-refractivity contribution in [1.82, 2.24) is 19.9 Å². The molecule has 1 aromatic carbocycles. The van der Waals surface area contributed by atoms with Gasteiger partial charge < -0.3 is 20.2 Å². The van der Waals surface area contributed by atoms with E-state index in [1.54, 1.807) is 24.5 Å². The van der Waals surface area contributed by atoms with Gasteiger partial charge in [0.05, 0.1) is 22.9 Å². The molecule has 0 radical (unpaired) electrons. The lowest BCUT2D eigenvalue weighted by Crippen LogP contribution is -2.39. The predicted molar refractivity (Wildman–Crippen MR) is 110 cm³/mol. The highest BCUT2D eigenvalue weighted by Crippen LogP contribution is 2.18. The second-order valence-corrected chi connectivity index (χ2v) is 7.37. The monoisotopic (exact) mass is 393 g/mol. The van der Waals surface area contributed by atoms with Gasteiger partial charge in [-0.1, -0.05) is 19.3 Å². The number of anilines is 1. The summed E-state index contributed by atoms with van der Waals surface area (Å²) in [6.07, 6.45) is 8.40. The number of nitrogens with zero attached hydrogens (tertiary/aromatic N) is 2. The third kappa shape index (κ3) is 4.53.